The number of sulfone groups is 1. The van der Waals surface area contributed by atoms with Crippen molar-refractivity contribution in [2.45, 2.75) is 4.90 Å². The Labute approximate surface area is 195 Å². The van der Waals surface area contributed by atoms with Crippen LogP contribution in [0, 0.1) is 0 Å². The number of carbonyl (C=O) groups is 2. The van der Waals surface area contributed by atoms with Crippen molar-refractivity contribution in [1.82, 2.24) is 4.98 Å². The van der Waals surface area contributed by atoms with Gasteiger partial charge in [0.1, 0.15) is 5.69 Å². The summed E-state index contributed by atoms with van der Waals surface area (Å²) in [5.41, 5.74) is 1.88. The molecule has 0 aliphatic rings. The Hall–Kier alpha value is -3.75. The van der Waals surface area contributed by atoms with Gasteiger partial charge in [-0.25, -0.2) is 13.4 Å². The Balaban J connectivity index is 1.48. The maximum Gasteiger partial charge on any atom is 0.274 e. The molecule has 0 fully saturated rings. The number of aromatic nitrogens is 1. The first-order valence-corrected chi connectivity index (χ1v) is 12.1. The van der Waals surface area contributed by atoms with Crippen LogP contribution in [0.3, 0.4) is 0 Å². The second-order valence-electron chi connectivity index (χ2n) is 7.29. The zero-order valence-electron chi connectivity index (χ0n) is 17.4. The molecular formula is C24H18ClN3O4S. The number of nitrogens with one attached hydrogen (secondary N) is 2. The normalized spacial score (nSPS) is 11.2. The molecule has 0 aliphatic carbocycles. The summed E-state index contributed by atoms with van der Waals surface area (Å²) in [6.07, 6.45) is 1.07. The molecule has 0 aliphatic heterocycles. The van der Waals surface area contributed by atoms with E-state index < -0.39 is 21.7 Å². The third-order valence-electron chi connectivity index (χ3n) is 4.83. The van der Waals surface area contributed by atoms with Crippen molar-refractivity contribution in [3.8, 4) is 0 Å². The summed E-state index contributed by atoms with van der Waals surface area (Å²) >= 11 is 6.29. The van der Waals surface area contributed by atoms with Crippen LogP contribution in [0.2, 0.25) is 5.02 Å². The van der Waals surface area contributed by atoms with Gasteiger partial charge in [-0.05, 0) is 48.5 Å². The minimum absolute atomic E-state index is 0.0432. The summed E-state index contributed by atoms with van der Waals surface area (Å²) in [5, 5.41) is 6.51. The Morgan fingerprint density at radius 2 is 1.64 bits per heavy atom. The van der Waals surface area contributed by atoms with Crippen molar-refractivity contribution < 1.29 is 18.0 Å². The first-order chi connectivity index (χ1) is 15.7. The zero-order valence-corrected chi connectivity index (χ0v) is 18.9. The Kier molecular flexibility index (Phi) is 6.13. The summed E-state index contributed by atoms with van der Waals surface area (Å²) in [6, 6.07) is 21.3. The fourth-order valence-electron chi connectivity index (χ4n) is 3.14. The third-order valence-corrected chi connectivity index (χ3v) is 6.25. The molecule has 0 spiro atoms. The van der Waals surface area contributed by atoms with Crippen LogP contribution >= 0.6 is 11.6 Å². The van der Waals surface area contributed by atoms with Crippen molar-refractivity contribution in [2.24, 2.45) is 0 Å². The van der Waals surface area contributed by atoms with Crippen LogP contribution in [0.1, 0.15) is 20.8 Å². The molecule has 3 aromatic carbocycles. The number of anilines is 2. The van der Waals surface area contributed by atoms with Gasteiger partial charge in [0.2, 0.25) is 0 Å². The Morgan fingerprint density at radius 3 is 2.39 bits per heavy atom. The minimum atomic E-state index is -3.44. The van der Waals surface area contributed by atoms with E-state index in [1.807, 2.05) is 30.3 Å². The van der Waals surface area contributed by atoms with Gasteiger partial charge >= 0.3 is 0 Å². The van der Waals surface area contributed by atoms with Crippen molar-refractivity contribution in [3.63, 3.8) is 0 Å². The van der Waals surface area contributed by atoms with Crippen LogP contribution in [0.25, 0.3) is 10.9 Å². The second kappa shape index (κ2) is 9.01. The molecule has 0 saturated carbocycles. The molecule has 33 heavy (non-hydrogen) atoms. The SMILES string of the molecule is CS(=O)(=O)c1cccc(C(=O)Nc2ccc(NC(=O)c3ccc4ccccc4n3)cc2Cl)c1. The van der Waals surface area contributed by atoms with Gasteiger partial charge in [0.15, 0.2) is 9.84 Å². The van der Waals surface area contributed by atoms with E-state index in [1.54, 1.807) is 18.2 Å². The molecule has 0 saturated heterocycles. The van der Waals surface area contributed by atoms with Crippen molar-refractivity contribution in [1.29, 1.82) is 0 Å². The number of hydrogen-bond acceptors (Lipinski definition) is 5. The number of amides is 2. The van der Waals surface area contributed by atoms with Crippen LogP contribution in [-0.2, 0) is 9.84 Å². The standard InChI is InChI=1S/C24H18ClN3O4S/c1-33(31,32)18-7-4-6-16(13-18)23(29)28-21-12-10-17(14-19(21)25)26-24(30)22-11-9-15-5-2-3-8-20(15)27-22/h2-14H,1H3,(H,26,30)(H,28,29). The fraction of sp³-hybridized carbons (Fsp3) is 0.0417. The molecule has 0 radical (unpaired) electrons. The number of carbonyl (C=O) groups excluding carboxylic acids is 2. The molecule has 4 aromatic rings. The summed E-state index contributed by atoms with van der Waals surface area (Å²) < 4.78 is 23.4. The maximum atomic E-state index is 12.6. The maximum absolute atomic E-state index is 12.6. The van der Waals surface area contributed by atoms with Gasteiger partial charge in [0.25, 0.3) is 11.8 Å². The molecule has 166 valence electrons. The summed E-state index contributed by atoms with van der Waals surface area (Å²) in [4.78, 5) is 29.6. The minimum Gasteiger partial charge on any atom is -0.321 e. The van der Waals surface area contributed by atoms with Gasteiger partial charge in [0.05, 0.1) is 21.1 Å². The van der Waals surface area contributed by atoms with Gasteiger partial charge < -0.3 is 10.6 Å². The van der Waals surface area contributed by atoms with Crippen LogP contribution in [-0.4, -0.2) is 31.5 Å². The molecule has 0 atom stereocenters. The molecule has 1 aromatic heterocycles. The third kappa shape index (κ3) is 5.19. The summed E-state index contributed by atoms with van der Waals surface area (Å²) in [7, 11) is -3.44. The van der Waals surface area contributed by atoms with Crippen LogP contribution in [0.5, 0.6) is 0 Å². The lowest BCUT2D eigenvalue weighted by Crippen LogP contribution is -2.15. The highest BCUT2D eigenvalue weighted by Gasteiger charge is 2.14. The Bertz CT molecular complexity index is 1500. The van der Waals surface area contributed by atoms with Gasteiger partial charge in [0, 0.05) is 22.9 Å². The molecule has 1 heterocycles. The first kappa shape index (κ1) is 22.4. The number of pyridine rings is 1. The number of hydrogen-bond donors (Lipinski definition) is 2. The van der Waals surface area contributed by atoms with Crippen molar-refractivity contribution >= 4 is 55.5 Å². The molecule has 0 unspecified atom stereocenters. The van der Waals surface area contributed by atoms with Gasteiger partial charge in [-0.15, -0.1) is 0 Å². The van der Waals surface area contributed by atoms with Crippen molar-refractivity contribution in [3.05, 3.63) is 95.1 Å². The predicted octanol–water partition coefficient (Wildman–Crippen LogP) is 4.80. The van der Waals surface area contributed by atoms with E-state index >= 15 is 0 Å². The van der Waals surface area contributed by atoms with Gasteiger partial charge in [-0.1, -0.05) is 41.9 Å². The summed E-state index contributed by atoms with van der Waals surface area (Å²) in [5.74, 6) is -0.911. The van der Waals surface area contributed by atoms with Crippen molar-refractivity contribution in [2.75, 3.05) is 16.9 Å². The Morgan fingerprint density at radius 1 is 0.848 bits per heavy atom. The van der Waals surface area contributed by atoms with E-state index in [4.69, 9.17) is 11.6 Å². The molecular weight excluding hydrogens is 462 g/mol. The van der Waals surface area contributed by atoms with E-state index in [0.717, 1.165) is 11.6 Å². The molecule has 4 rings (SSSR count). The largest absolute Gasteiger partial charge is 0.321 e. The summed E-state index contributed by atoms with van der Waals surface area (Å²) in [6.45, 7) is 0. The lowest BCUT2D eigenvalue weighted by atomic mass is 10.2. The molecule has 7 nitrogen and oxygen atoms in total. The number of benzene rings is 3. The zero-order chi connectivity index (χ0) is 23.6. The van der Waals surface area contributed by atoms with Crippen LogP contribution in [0.4, 0.5) is 11.4 Å². The number of nitrogens with zero attached hydrogens (tertiary/aromatic N) is 1. The average Bonchev–Trinajstić information content (AvgIpc) is 2.80. The predicted molar refractivity (Wildman–Crippen MR) is 129 cm³/mol. The van der Waals surface area contributed by atoms with E-state index in [2.05, 4.69) is 15.6 Å². The topological polar surface area (TPSA) is 105 Å². The molecule has 2 amide bonds. The monoisotopic (exact) mass is 479 g/mol. The van der Waals surface area contributed by atoms with Crippen LogP contribution in [0.15, 0.2) is 83.8 Å². The van der Waals surface area contributed by atoms with E-state index in [0.29, 0.717) is 16.9 Å². The molecule has 9 heteroatoms. The lowest BCUT2D eigenvalue weighted by molar-refractivity contribution is 0.101. The highest BCUT2D eigenvalue weighted by atomic mass is 35.5. The highest BCUT2D eigenvalue weighted by molar-refractivity contribution is 7.90. The quantitative estimate of drug-likeness (QED) is 0.428. The first-order valence-electron chi connectivity index (χ1n) is 9.79. The van der Waals surface area contributed by atoms with E-state index in [-0.39, 0.29) is 21.2 Å². The molecule has 0 bridgehead atoms. The lowest BCUT2D eigenvalue weighted by Gasteiger charge is -2.11. The average molecular weight is 480 g/mol. The van der Waals surface area contributed by atoms with Gasteiger partial charge in [-0.2, -0.15) is 0 Å². The molecule has 2 N–H and O–H groups in total. The number of fused-ring (bicyclic) bond motifs is 1. The van der Waals surface area contributed by atoms with Gasteiger partial charge in [-0.3, -0.25) is 9.59 Å². The second-order valence-corrected chi connectivity index (χ2v) is 9.71. The number of para-hydroxylation sites is 1. The highest BCUT2D eigenvalue weighted by Crippen LogP contribution is 2.27. The number of halogens is 1. The smallest absolute Gasteiger partial charge is 0.274 e. The van der Waals surface area contributed by atoms with E-state index in [1.165, 1.54) is 30.3 Å². The fourth-order valence-corrected chi connectivity index (χ4v) is 4.04. The van der Waals surface area contributed by atoms with E-state index in [9.17, 15) is 18.0 Å². The van der Waals surface area contributed by atoms with Crippen LogP contribution < -0.4 is 10.6 Å². The number of rotatable bonds is 5.